The van der Waals surface area contributed by atoms with Gasteiger partial charge in [0, 0.05) is 17.8 Å². The Morgan fingerprint density at radius 1 is 1.29 bits per heavy atom. The van der Waals surface area contributed by atoms with E-state index in [-0.39, 0.29) is 0 Å². The number of aliphatic imine (C=N–C) groups is 1. The van der Waals surface area contributed by atoms with Gasteiger partial charge in [0.05, 0.1) is 0 Å². The maximum absolute atomic E-state index is 4.62. The van der Waals surface area contributed by atoms with Gasteiger partial charge in [-0.15, -0.1) is 0 Å². The van der Waals surface area contributed by atoms with Gasteiger partial charge in [0.25, 0.3) is 0 Å². The van der Waals surface area contributed by atoms with Crippen LogP contribution in [0.15, 0.2) is 4.99 Å². The molecule has 0 aromatic heterocycles. The Labute approximate surface area is 90.9 Å². The number of amidine groups is 1. The molecule has 0 saturated heterocycles. The summed E-state index contributed by atoms with van der Waals surface area (Å²) in [4.78, 5) is 4.62. The van der Waals surface area contributed by atoms with Crippen LogP contribution in [0.5, 0.6) is 0 Å². The Balaban J connectivity index is 1.91. The molecule has 2 rings (SSSR count). The predicted octanol–water partition coefficient (Wildman–Crippen LogP) is 2.65. The van der Waals surface area contributed by atoms with Gasteiger partial charge < -0.3 is 5.32 Å². The molecule has 1 heterocycles. The molecule has 1 aliphatic heterocycles. The van der Waals surface area contributed by atoms with Crippen molar-refractivity contribution in [1.29, 1.82) is 0 Å². The van der Waals surface area contributed by atoms with E-state index in [1.54, 1.807) is 0 Å². The van der Waals surface area contributed by atoms with E-state index >= 15 is 0 Å². The highest BCUT2D eigenvalue weighted by atomic mass is 32.2. The number of hydrogen-bond acceptors (Lipinski definition) is 3. The summed E-state index contributed by atoms with van der Waals surface area (Å²) in [5.74, 6) is 1.19. The third kappa shape index (κ3) is 2.25. The van der Waals surface area contributed by atoms with Crippen molar-refractivity contribution in [2.75, 3.05) is 12.3 Å². The Morgan fingerprint density at radius 2 is 2.00 bits per heavy atom. The van der Waals surface area contributed by atoms with Crippen molar-refractivity contribution in [3.8, 4) is 0 Å². The maximum Gasteiger partial charge on any atom is 0.157 e. The zero-order valence-corrected chi connectivity index (χ0v) is 10.2. The normalized spacial score (nSPS) is 28.9. The summed E-state index contributed by atoms with van der Waals surface area (Å²) in [5.41, 5.74) is 0.740. The molecule has 0 bridgehead atoms. The van der Waals surface area contributed by atoms with E-state index in [9.17, 15) is 0 Å². The number of rotatable bonds is 1. The minimum Gasteiger partial charge on any atom is -0.360 e. The highest BCUT2D eigenvalue weighted by Crippen LogP contribution is 2.33. The minimum absolute atomic E-state index is 0.354. The first-order valence-electron chi connectivity index (χ1n) is 5.45. The fraction of sp³-hybridized carbons (Fsp3) is 0.909. The third-order valence-corrected chi connectivity index (χ3v) is 4.55. The van der Waals surface area contributed by atoms with Gasteiger partial charge in [-0.2, -0.15) is 0 Å². The molecular formula is C11H20N2S. The molecule has 0 aromatic rings. The summed E-state index contributed by atoms with van der Waals surface area (Å²) in [7, 11) is 0. The van der Waals surface area contributed by atoms with E-state index in [0.717, 1.165) is 6.54 Å². The molecule has 0 spiro atoms. The molecule has 2 nitrogen and oxygen atoms in total. The SMILES string of the molecule is CC1(C)CN=C(NC2(C)CCC2)SC1. The summed E-state index contributed by atoms with van der Waals surface area (Å²) >= 11 is 1.89. The third-order valence-electron chi connectivity index (χ3n) is 3.12. The van der Waals surface area contributed by atoms with Gasteiger partial charge in [0.2, 0.25) is 0 Å². The van der Waals surface area contributed by atoms with E-state index in [1.165, 1.54) is 30.2 Å². The fourth-order valence-corrected chi connectivity index (χ4v) is 2.90. The lowest BCUT2D eigenvalue weighted by atomic mass is 9.79. The van der Waals surface area contributed by atoms with E-state index in [4.69, 9.17) is 0 Å². The largest absolute Gasteiger partial charge is 0.360 e. The summed E-state index contributed by atoms with van der Waals surface area (Å²) in [6.45, 7) is 7.84. The van der Waals surface area contributed by atoms with Gasteiger partial charge in [-0.05, 0) is 31.6 Å². The Bertz CT molecular complexity index is 254. The zero-order chi connectivity index (χ0) is 10.2. The molecule has 3 heteroatoms. The van der Waals surface area contributed by atoms with Crippen LogP contribution in [-0.4, -0.2) is 23.0 Å². The molecule has 1 aliphatic carbocycles. The summed E-state index contributed by atoms with van der Waals surface area (Å²) in [6, 6.07) is 0. The highest BCUT2D eigenvalue weighted by molar-refractivity contribution is 8.13. The van der Waals surface area contributed by atoms with E-state index in [2.05, 4.69) is 31.1 Å². The second-order valence-electron chi connectivity index (χ2n) is 5.61. The minimum atomic E-state index is 0.354. The molecule has 2 aliphatic rings. The molecule has 0 atom stereocenters. The van der Waals surface area contributed by atoms with Gasteiger partial charge in [-0.3, -0.25) is 4.99 Å². The van der Waals surface area contributed by atoms with Crippen molar-refractivity contribution < 1.29 is 0 Å². The summed E-state index contributed by atoms with van der Waals surface area (Å²) < 4.78 is 0. The average molecular weight is 212 g/mol. The lowest BCUT2D eigenvalue weighted by Gasteiger charge is -2.41. The van der Waals surface area contributed by atoms with Crippen LogP contribution >= 0.6 is 11.8 Å². The van der Waals surface area contributed by atoms with Crippen LogP contribution in [0.1, 0.15) is 40.0 Å². The van der Waals surface area contributed by atoms with Crippen LogP contribution in [-0.2, 0) is 0 Å². The zero-order valence-electron chi connectivity index (χ0n) is 9.39. The van der Waals surface area contributed by atoms with Gasteiger partial charge in [0.15, 0.2) is 5.17 Å². The topological polar surface area (TPSA) is 24.4 Å². The first-order valence-corrected chi connectivity index (χ1v) is 6.43. The fourth-order valence-electron chi connectivity index (χ4n) is 1.81. The molecule has 0 unspecified atom stereocenters. The van der Waals surface area contributed by atoms with Gasteiger partial charge >= 0.3 is 0 Å². The monoisotopic (exact) mass is 212 g/mol. The van der Waals surface area contributed by atoms with Crippen molar-refractivity contribution >= 4 is 16.9 Å². The lowest BCUT2D eigenvalue weighted by molar-refractivity contribution is 0.245. The van der Waals surface area contributed by atoms with E-state index < -0.39 is 0 Å². The number of thioether (sulfide) groups is 1. The number of nitrogens with zero attached hydrogens (tertiary/aromatic N) is 1. The predicted molar refractivity (Wildman–Crippen MR) is 63.9 cm³/mol. The molecule has 0 radical (unpaired) electrons. The van der Waals surface area contributed by atoms with Crippen molar-refractivity contribution in [2.24, 2.45) is 10.4 Å². The molecule has 0 amide bonds. The highest BCUT2D eigenvalue weighted by Gasteiger charge is 2.34. The maximum atomic E-state index is 4.62. The molecule has 1 fully saturated rings. The van der Waals surface area contributed by atoms with Crippen LogP contribution in [0.2, 0.25) is 0 Å². The Morgan fingerprint density at radius 3 is 2.43 bits per heavy atom. The lowest BCUT2D eigenvalue weighted by Crippen LogP contribution is -2.51. The summed E-state index contributed by atoms with van der Waals surface area (Å²) in [5, 5.41) is 4.76. The summed E-state index contributed by atoms with van der Waals surface area (Å²) in [6.07, 6.45) is 3.97. The molecule has 80 valence electrons. The van der Waals surface area contributed by atoms with Crippen molar-refractivity contribution in [3.05, 3.63) is 0 Å². The van der Waals surface area contributed by atoms with E-state index in [1.807, 2.05) is 11.8 Å². The van der Waals surface area contributed by atoms with Crippen LogP contribution in [0.25, 0.3) is 0 Å². The first kappa shape index (κ1) is 10.3. The second-order valence-corrected chi connectivity index (χ2v) is 6.58. The van der Waals surface area contributed by atoms with Crippen LogP contribution in [0, 0.1) is 5.41 Å². The van der Waals surface area contributed by atoms with Gasteiger partial charge in [-0.1, -0.05) is 25.6 Å². The molecule has 1 saturated carbocycles. The molecule has 1 N–H and O–H groups in total. The van der Waals surface area contributed by atoms with Gasteiger partial charge in [-0.25, -0.2) is 0 Å². The van der Waals surface area contributed by atoms with Crippen LogP contribution in [0.3, 0.4) is 0 Å². The standard InChI is InChI=1S/C11H20N2S/c1-10(2)7-12-9(14-8-10)13-11(3)5-4-6-11/h4-8H2,1-3H3,(H,12,13). The number of hydrogen-bond donors (Lipinski definition) is 1. The Hall–Kier alpha value is -0.180. The smallest absolute Gasteiger partial charge is 0.157 e. The van der Waals surface area contributed by atoms with Gasteiger partial charge in [0.1, 0.15) is 0 Å². The molecule has 0 aromatic carbocycles. The Kier molecular flexibility index (Phi) is 2.54. The van der Waals surface area contributed by atoms with Crippen LogP contribution in [0.4, 0.5) is 0 Å². The van der Waals surface area contributed by atoms with Crippen LogP contribution < -0.4 is 5.32 Å². The van der Waals surface area contributed by atoms with Crippen molar-refractivity contribution in [2.45, 2.75) is 45.6 Å². The van der Waals surface area contributed by atoms with Crippen molar-refractivity contribution in [3.63, 3.8) is 0 Å². The van der Waals surface area contributed by atoms with E-state index in [0.29, 0.717) is 11.0 Å². The quantitative estimate of drug-likeness (QED) is 0.722. The second kappa shape index (κ2) is 3.44. The molecular weight excluding hydrogens is 192 g/mol. The van der Waals surface area contributed by atoms with Crippen molar-refractivity contribution in [1.82, 2.24) is 5.32 Å². The first-order chi connectivity index (χ1) is 6.49. The number of nitrogens with one attached hydrogen (secondary N) is 1. The molecule has 14 heavy (non-hydrogen) atoms. The average Bonchev–Trinajstić information content (AvgIpc) is 2.06.